The predicted octanol–water partition coefficient (Wildman–Crippen LogP) is 6.05. The zero-order valence-electron chi connectivity index (χ0n) is 23.2. The van der Waals surface area contributed by atoms with Crippen LogP contribution in [0.15, 0.2) is 47.7 Å². The number of hydrogen-bond donors (Lipinski definition) is 3. The topological polar surface area (TPSA) is 113 Å². The van der Waals surface area contributed by atoms with E-state index in [1.807, 2.05) is 18.4 Å². The fourth-order valence-electron chi connectivity index (χ4n) is 5.55. The number of amides is 1. The first-order valence-corrected chi connectivity index (χ1v) is 13.8. The van der Waals surface area contributed by atoms with Gasteiger partial charge in [0.25, 0.3) is 5.91 Å². The van der Waals surface area contributed by atoms with Gasteiger partial charge in [-0.05, 0) is 49.4 Å². The van der Waals surface area contributed by atoms with E-state index in [0.29, 0.717) is 16.8 Å². The number of halogens is 2. The minimum atomic E-state index is -1.29. The van der Waals surface area contributed by atoms with E-state index in [0.717, 1.165) is 38.5 Å². The molecule has 1 amide bonds. The molecule has 0 saturated heterocycles. The molecule has 1 aliphatic carbocycles. The molecule has 4 rings (SSSR count). The van der Waals surface area contributed by atoms with Gasteiger partial charge < -0.3 is 20.3 Å². The van der Waals surface area contributed by atoms with Crippen LogP contribution in [-0.4, -0.2) is 38.6 Å². The SMILES string of the molecule is CCC(CC)n1cc(C(=O)N[C@@H](C(=O)O)C(C)c2cccnc2)c(=O)c2cc(F)c(NC3CCCCC3)cc21.Cl. The zero-order valence-corrected chi connectivity index (χ0v) is 24.0. The van der Waals surface area contributed by atoms with Crippen molar-refractivity contribution >= 4 is 40.9 Å². The first-order chi connectivity index (χ1) is 18.7. The molecule has 0 radical (unpaired) electrons. The molecule has 40 heavy (non-hydrogen) atoms. The molecule has 3 aromatic rings. The fourth-order valence-corrected chi connectivity index (χ4v) is 5.55. The summed E-state index contributed by atoms with van der Waals surface area (Å²) >= 11 is 0. The van der Waals surface area contributed by atoms with E-state index in [9.17, 15) is 19.5 Å². The molecule has 2 atom stereocenters. The van der Waals surface area contributed by atoms with Crippen molar-refractivity contribution in [3.8, 4) is 0 Å². The van der Waals surface area contributed by atoms with Gasteiger partial charge in [0.1, 0.15) is 17.4 Å². The molecule has 2 aromatic heterocycles. The number of rotatable bonds is 10. The maximum absolute atomic E-state index is 15.3. The number of aromatic nitrogens is 2. The Bertz CT molecular complexity index is 1390. The quantitative estimate of drug-likeness (QED) is 0.272. The van der Waals surface area contributed by atoms with Crippen LogP contribution in [0, 0.1) is 5.82 Å². The lowest BCUT2D eigenvalue weighted by Gasteiger charge is -2.26. The van der Waals surface area contributed by atoms with Crippen LogP contribution in [-0.2, 0) is 4.79 Å². The van der Waals surface area contributed by atoms with Gasteiger partial charge in [-0.2, -0.15) is 0 Å². The third-order valence-electron chi connectivity index (χ3n) is 7.93. The normalized spacial score (nSPS) is 15.3. The third kappa shape index (κ3) is 6.63. The molecule has 10 heteroatoms. The summed E-state index contributed by atoms with van der Waals surface area (Å²) in [5.41, 5.74) is 0.682. The molecular weight excluding hydrogens is 535 g/mol. The number of benzene rings is 1. The molecule has 3 N–H and O–H groups in total. The van der Waals surface area contributed by atoms with E-state index in [-0.39, 0.29) is 35.4 Å². The number of carboxylic acid groups (broad SMARTS) is 1. The Morgan fingerprint density at radius 3 is 2.48 bits per heavy atom. The summed E-state index contributed by atoms with van der Waals surface area (Å²) in [6, 6.07) is 5.14. The Labute approximate surface area is 239 Å². The maximum Gasteiger partial charge on any atom is 0.326 e. The molecule has 8 nitrogen and oxygen atoms in total. The minimum Gasteiger partial charge on any atom is -0.480 e. The number of hydrogen-bond acceptors (Lipinski definition) is 5. The smallest absolute Gasteiger partial charge is 0.326 e. The summed E-state index contributed by atoms with van der Waals surface area (Å²) in [5, 5.41) is 15.8. The number of pyridine rings is 2. The van der Waals surface area contributed by atoms with E-state index in [4.69, 9.17) is 0 Å². The molecule has 0 spiro atoms. The largest absolute Gasteiger partial charge is 0.480 e. The van der Waals surface area contributed by atoms with E-state index < -0.39 is 35.1 Å². The van der Waals surface area contributed by atoms with Gasteiger partial charge in [0.05, 0.1) is 11.2 Å². The van der Waals surface area contributed by atoms with E-state index in [1.165, 1.54) is 18.7 Å². The van der Waals surface area contributed by atoms with Crippen LogP contribution in [0.3, 0.4) is 0 Å². The van der Waals surface area contributed by atoms with Crippen molar-refractivity contribution in [1.29, 1.82) is 0 Å². The Morgan fingerprint density at radius 1 is 1.18 bits per heavy atom. The Morgan fingerprint density at radius 2 is 1.88 bits per heavy atom. The predicted molar refractivity (Wildman–Crippen MR) is 157 cm³/mol. The molecular formula is C30H38ClFN4O4. The average molecular weight is 573 g/mol. The maximum atomic E-state index is 15.3. The van der Waals surface area contributed by atoms with Gasteiger partial charge in [0, 0.05) is 42.0 Å². The van der Waals surface area contributed by atoms with Crippen molar-refractivity contribution < 1.29 is 19.1 Å². The number of carbonyl (C=O) groups excluding carboxylic acids is 1. The first kappa shape index (κ1) is 31.1. The number of aliphatic carboxylic acids is 1. The molecule has 0 aliphatic heterocycles. The van der Waals surface area contributed by atoms with Crippen LogP contribution in [0.1, 0.15) is 93.6 Å². The number of fused-ring (bicyclic) bond motifs is 1. The van der Waals surface area contributed by atoms with Crippen LogP contribution in [0.25, 0.3) is 10.9 Å². The highest BCUT2D eigenvalue weighted by Gasteiger charge is 2.30. The van der Waals surface area contributed by atoms with Gasteiger partial charge in [-0.3, -0.25) is 14.6 Å². The Kier molecular flexibility index (Phi) is 10.7. The molecule has 216 valence electrons. The highest BCUT2D eigenvalue weighted by atomic mass is 35.5. The van der Waals surface area contributed by atoms with Crippen LogP contribution in [0.4, 0.5) is 10.1 Å². The number of carbonyl (C=O) groups is 2. The number of anilines is 1. The summed E-state index contributed by atoms with van der Waals surface area (Å²) in [7, 11) is 0. The number of carboxylic acids is 1. The fraction of sp³-hybridized carbons (Fsp3) is 0.467. The second-order valence-corrected chi connectivity index (χ2v) is 10.4. The third-order valence-corrected chi connectivity index (χ3v) is 7.93. The highest BCUT2D eigenvalue weighted by Crippen LogP contribution is 2.29. The molecule has 1 saturated carbocycles. The van der Waals surface area contributed by atoms with Gasteiger partial charge in [0.15, 0.2) is 0 Å². The molecule has 1 aliphatic rings. The molecule has 0 bridgehead atoms. The minimum absolute atomic E-state index is 0. The van der Waals surface area contributed by atoms with Gasteiger partial charge >= 0.3 is 5.97 Å². The molecule has 1 aromatic carbocycles. The second-order valence-electron chi connectivity index (χ2n) is 10.4. The molecule has 1 fully saturated rings. The highest BCUT2D eigenvalue weighted by molar-refractivity contribution is 5.99. The van der Waals surface area contributed by atoms with Crippen molar-refractivity contribution in [2.75, 3.05) is 5.32 Å². The summed E-state index contributed by atoms with van der Waals surface area (Å²) < 4.78 is 17.2. The van der Waals surface area contributed by atoms with Gasteiger partial charge in [-0.1, -0.05) is 46.1 Å². The average Bonchev–Trinajstić information content (AvgIpc) is 2.94. The molecule has 2 heterocycles. The monoisotopic (exact) mass is 572 g/mol. The van der Waals surface area contributed by atoms with Gasteiger partial charge in [-0.25, -0.2) is 9.18 Å². The van der Waals surface area contributed by atoms with Crippen LogP contribution < -0.4 is 16.1 Å². The summed E-state index contributed by atoms with van der Waals surface area (Å²) in [4.78, 5) is 43.1. The van der Waals surface area contributed by atoms with Crippen molar-refractivity contribution in [1.82, 2.24) is 14.9 Å². The van der Waals surface area contributed by atoms with Crippen LogP contribution in [0.2, 0.25) is 0 Å². The lowest BCUT2D eigenvalue weighted by molar-refractivity contribution is -0.139. The summed E-state index contributed by atoms with van der Waals surface area (Å²) in [5.74, 6) is -3.19. The van der Waals surface area contributed by atoms with E-state index in [2.05, 4.69) is 15.6 Å². The number of nitrogens with one attached hydrogen (secondary N) is 2. The standard InChI is InChI=1S/C30H37FN4O4.ClH/c1-4-21(5-2)35-17-23(29(37)34-27(30(38)39)18(3)19-10-9-13-32-16-19)28(36)22-14-24(31)25(15-26(22)35)33-20-11-7-6-8-12-20;/h9-10,13-18,20-21,27,33H,4-8,11-12H2,1-3H3,(H,34,37)(H,38,39);1H/t18?,27-;/m1./s1. The van der Waals surface area contributed by atoms with Gasteiger partial charge in [-0.15, -0.1) is 12.4 Å². The van der Waals surface area contributed by atoms with Crippen molar-refractivity contribution in [2.45, 2.75) is 89.8 Å². The summed E-state index contributed by atoms with van der Waals surface area (Å²) in [6.45, 7) is 5.70. The van der Waals surface area contributed by atoms with E-state index in [1.54, 1.807) is 37.5 Å². The van der Waals surface area contributed by atoms with Crippen molar-refractivity contribution in [3.63, 3.8) is 0 Å². The lowest BCUT2D eigenvalue weighted by atomic mass is 9.94. The van der Waals surface area contributed by atoms with Crippen molar-refractivity contribution in [3.05, 3.63) is 70.0 Å². The van der Waals surface area contributed by atoms with Crippen molar-refractivity contribution in [2.24, 2.45) is 0 Å². The summed E-state index contributed by atoms with van der Waals surface area (Å²) in [6.07, 6.45) is 11.4. The van der Waals surface area contributed by atoms with Crippen LogP contribution >= 0.6 is 12.4 Å². The molecule has 1 unspecified atom stereocenters. The Hall–Kier alpha value is -3.46. The van der Waals surface area contributed by atoms with Gasteiger partial charge in [0.2, 0.25) is 5.43 Å². The second kappa shape index (κ2) is 13.7. The first-order valence-electron chi connectivity index (χ1n) is 13.8. The van der Waals surface area contributed by atoms with E-state index >= 15 is 4.39 Å². The zero-order chi connectivity index (χ0) is 28.1. The Balaban J connectivity index is 0.00000441. The number of nitrogens with zero attached hydrogens (tertiary/aromatic N) is 2. The lowest BCUT2D eigenvalue weighted by Crippen LogP contribution is -2.45. The van der Waals surface area contributed by atoms with Crippen LogP contribution in [0.5, 0.6) is 0 Å².